The number of piperidine rings is 1. The van der Waals surface area contributed by atoms with E-state index in [0.717, 1.165) is 31.9 Å². The third kappa shape index (κ3) is 2.61. The molecular formula is C13H16F3NO. The van der Waals surface area contributed by atoms with Gasteiger partial charge in [0.2, 0.25) is 0 Å². The number of halogens is 3. The van der Waals surface area contributed by atoms with Gasteiger partial charge in [-0.3, -0.25) is 0 Å². The van der Waals surface area contributed by atoms with Crippen LogP contribution >= 0.6 is 0 Å². The molecule has 0 saturated carbocycles. The Hall–Kier alpha value is -1.23. The van der Waals surface area contributed by atoms with E-state index in [1.165, 1.54) is 13.2 Å². The summed E-state index contributed by atoms with van der Waals surface area (Å²) >= 11 is 0. The Morgan fingerprint density at radius 2 is 2.11 bits per heavy atom. The van der Waals surface area contributed by atoms with E-state index in [-0.39, 0.29) is 17.4 Å². The van der Waals surface area contributed by atoms with Gasteiger partial charge in [0, 0.05) is 17.2 Å². The fraction of sp³-hybridized carbons (Fsp3) is 0.538. The zero-order chi connectivity index (χ0) is 13.1. The molecule has 0 radical (unpaired) electrons. The number of methoxy groups -OCH3 is 1. The fourth-order valence-electron chi connectivity index (χ4n) is 2.35. The number of nitrogens with one attached hydrogen (secondary N) is 1. The van der Waals surface area contributed by atoms with Crippen LogP contribution in [0.4, 0.5) is 13.2 Å². The quantitative estimate of drug-likeness (QED) is 0.895. The number of hydrogen-bond donors (Lipinski definition) is 1. The molecular weight excluding hydrogens is 243 g/mol. The summed E-state index contributed by atoms with van der Waals surface area (Å²) in [5.41, 5.74) is 0.197. The highest BCUT2D eigenvalue weighted by atomic mass is 19.3. The summed E-state index contributed by atoms with van der Waals surface area (Å²) in [5.74, 6) is -0.656. The van der Waals surface area contributed by atoms with Crippen molar-refractivity contribution in [3.05, 3.63) is 29.1 Å². The Kier molecular flexibility index (Phi) is 4.11. The van der Waals surface area contributed by atoms with Crippen LogP contribution in [0.5, 0.6) is 5.75 Å². The van der Waals surface area contributed by atoms with Crippen LogP contribution in [0, 0.1) is 5.82 Å². The van der Waals surface area contributed by atoms with Crippen molar-refractivity contribution in [1.29, 1.82) is 0 Å². The van der Waals surface area contributed by atoms with Gasteiger partial charge in [0.1, 0.15) is 0 Å². The lowest BCUT2D eigenvalue weighted by Crippen LogP contribution is -2.27. The standard InChI is InChI=1S/C13H16F3NO/c1-18-12-9(11-4-2-3-5-17-11)6-8(13(15)16)7-10(12)14/h6-7,11,13,17H,2-5H2,1H3. The predicted octanol–water partition coefficient (Wildman–Crippen LogP) is 3.59. The van der Waals surface area contributed by atoms with Crippen LogP contribution in [0.1, 0.15) is 42.9 Å². The monoisotopic (exact) mass is 259 g/mol. The highest BCUT2D eigenvalue weighted by molar-refractivity contribution is 5.41. The van der Waals surface area contributed by atoms with Crippen LogP contribution in [0.3, 0.4) is 0 Å². The molecule has 1 atom stereocenters. The summed E-state index contributed by atoms with van der Waals surface area (Å²) in [5, 5.41) is 3.21. The van der Waals surface area contributed by atoms with Crippen LogP contribution in [-0.4, -0.2) is 13.7 Å². The molecule has 1 aliphatic rings. The van der Waals surface area contributed by atoms with Crippen molar-refractivity contribution in [1.82, 2.24) is 5.32 Å². The molecule has 2 nitrogen and oxygen atoms in total. The molecule has 1 unspecified atom stereocenters. The van der Waals surface area contributed by atoms with Crippen LogP contribution in [0.25, 0.3) is 0 Å². The van der Waals surface area contributed by atoms with E-state index in [4.69, 9.17) is 4.74 Å². The summed E-state index contributed by atoms with van der Waals surface area (Å²) in [6.07, 6.45) is 0.187. The van der Waals surface area contributed by atoms with Crippen molar-refractivity contribution < 1.29 is 17.9 Å². The minimum Gasteiger partial charge on any atom is -0.493 e. The first-order valence-electron chi connectivity index (χ1n) is 6.02. The number of benzene rings is 1. The predicted molar refractivity (Wildman–Crippen MR) is 62.5 cm³/mol. The van der Waals surface area contributed by atoms with E-state index < -0.39 is 12.2 Å². The smallest absolute Gasteiger partial charge is 0.263 e. The van der Waals surface area contributed by atoms with Gasteiger partial charge >= 0.3 is 0 Å². The zero-order valence-electron chi connectivity index (χ0n) is 10.2. The van der Waals surface area contributed by atoms with Crippen LogP contribution in [0.15, 0.2) is 12.1 Å². The van der Waals surface area contributed by atoms with Crippen LogP contribution in [-0.2, 0) is 0 Å². The van der Waals surface area contributed by atoms with Gasteiger partial charge < -0.3 is 10.1 Å². The van der Waals surface area contributed by atoms with E-state index in [1.54, 1.807) is 0 Å². The second kappa shape index (κ2) is 5.61. The molecule has 1 aliphatic heterocycles. The molecule has 0 spiro atoms. The first-order valence-corrected chi connectivity index (χ1v) is 6.02. The molecule has 0 amide bonds. The molecule has 18 heavy (non-hydrogen) atoms. The third-order valence-corrected chi connectivity index (χ3v) is 3.24. The van der Waals surface area contributed by atoms with Gasteiger partial charge in [-0.05, 0) is 31.5 Å². The van der Waals surface area contributed by atoms with Crippen molar-refractivity contribution >= 4 is 0 Å². The summed E-state index contributed by atoms with van der Waals surface area (Å²) in [4.78, 5) is 0. The van der Waals surface area contributed by atoms with Gasteiger partial charge in [-0.1, -0.05) is 6.42 Å². The Morgan fingerprint density at radius 1 is 1.33 bits per heavy atom. The number of rotatable bonds is 3. The lowest BCUT2D eigenvalue weighted by atomic mass is 9.95. The van der Waals surface area contributed by atoms with Crippen molar-refractivity contribution in [2.45, 2.75) is 31.7 Å². The minimum atomic E-state index is -2.67. The summed E-state index contributed by atoms with van der Waals surface area (Å²) in [7, 11) is 1.35. The second-order valence-electron chi connectivity index (χ2n) is 4.43. The number of alkyl halides is 2. The van der Waals surface area contributed by atoms with Gasteiger partial charge in [-0.15, -0.1) is 0 Å². The minimum absolute atomic E-state index is 0.0683. The molecule has 1 fully saturated rings. The Bertz CT molecular complexity index is 417. The highest BCUT2D eigenvalue weighted by Crippen LogP contribution is 2.35. The average molecular weight is 259 g/mol. The van der Waals surface area contributed by atoms with Crippen molar-refractivity contribution in [3.8, 4) is 5.75 Å². The summed E-state index contributed by atoms with van der Waals surface area (Å²) < 4.78 is 44.1. The van der Waals surface area contributed by atoms with Crippen molar-refractivity contribution in [3.63, 3.8) is 0 Å². The average Bonchev–Trinajstić information content (AvgIpc) is 2.38. The molecule has 1 aromatic carbocycles. The number of hydrogen-bond acceptors (Lipinski definition) is 2. The first-order chi connectivity index (χ1) is 8.63. The van der Waals surface area contributed by atoms with E-state index in [1.807, 2.05) is 0 Å². The maximum absolute atomic E-state index is 13.7. The lowest BCUT2D eigenvalue weighted by Gasteiger charge is -2.26. The van der Waals surface area contributed by atoms with Crippen LogP contribution in [0.2, 0.25) is 0 Å². The maximum atomic E-state index is 13.7. The second-order valence-corrected chi connectivity index (χ2v) is 4.43. The van der Waals surface area contributed by atoms with Gasteiger partial charge in [-0.2, -0.15) is 0 Å². The maximum Gasteiger partial charge on any atom is 0.263 e. The summed E-state index contributed by atoms with van der Waals surface area (Å²) in [6.45, 7) is 0.814. The molecule has 0 bridgehead atoms. The zero-order valence-corrected chi connectivity index (χ0v) is 10.2. The van der Waals surface area contributed by atoms with Gasteiger partial charge in [-0.25, -0.2) is 13.2 Å². The molecule has 1 saturated heterocycles. The van der Waals surface area contributed by atoms with Gasteiger partial charge in [0.05, 0.1) is 7.11 Å². The lowest BCUT2D eigenvalue weighted by molar-refractivity contribution is 0.150. The third-order valence-electron chi connectivity index (χ3n) is 3.24. The van der Waals surface area contributed by atoms with E-state index in [9.17, 15) is 13.2 Å². The first kappa shape index (κ1) is 13.2. The number of ether oxygens (including phenoxy) is 1. The largest absolute Gasteiger partial charge is 0.493 e. The Labute approximate surface area is 104 Å². The molecule has 1 N–H and O–H groups in total. The van der Waals surface area contributed by atoms with Crippen molar-refractivity contribution in [2.24, 2.45) is 0 Å². The topological polar surface area (TPSA) is 21.3 Å². The SMILES string of the molecule is COc1c(F)cc(C(F)F)cc1C1CCCCN1. The van der Waals surface area contributed by atoms with Gasteiger partial charge in [0.25, 0.3) is 6.43 Å². The van der Waals surface area contributed by atoms with E-state index >= 15 is 0 Å². The molecule has 1 aromatic rings. The molecule has 1 heterocycles. The molecule has 100 valence electrons. The van der Waals surface area contributed by atoms with Crippen LogP contribution < -0.4 is 10.1 Å². The Balaban J connectivity index is 2.41. The van der Waals surface area contributed by atoms with Gasteiger partial charge in [0.15, 0.2) is 11.6 Å². The molecule has 2 rings (SSSR count). The molecule has 0 aromatic heterocycles. The van der Waals surface area contributed by atoms with E-state index in [0.29, 0.717) is 5.56 Å². The fourth-order valence-corrected chi connectivity index (χ4v) is 2.35. The normalized spacial score (nSPS) is 20.2. The van der Waals surface area contributed by atoms with Crippen molar-refractivity contribution in [2.75, 3.05) is 13.7 Å². The molecule has 5 heteroatoms. The highest BCUT2D eigenvalue weighted by Gasteiger charge is 2.23. The Morgan fingerprint density at radius 3 is 2.67 bits per heavy atom. The summed E-state index contributed by atoms with van der Waals surface area (Å²) in [6, 6.07) is 2.08. The molecule has 0 aliphatic carbocycles. The van der Waals surface area contributed by atoms with E-state index in [2.05, 4.69) is 5.32 Å².